The molecule has 0 amide bonds. The Bertz CT molecular complexity index is 298. The van der Waals surface area contributed by atoms with Gasteiger partial charge in [0.2, 0.25) is 0 Å². The van der Waals surface area contributed by atoms with E-state index in [1.807, 2.05) is 0 Å². The Morgan fingerprint density at radius 1 is 1.75 bits per heavy atom. The van der Waals surface area contributed by atoms with Crippen molar-refractivity contribution in [1.82, 2.24) is 4.57 Å². The summed E-state index contributed by atoms with van der Waals surface area (Å²) in [7, 11) is 0. The molecule has 1 rings (SSSR count). The van der Waals surface area contributed by atoms with Gasteiger partial charge in [-0.15, -0.1) is 0 Å². The van der Waals surface area contributed by atoms with E-state index in [1.54, 1.807) is 6.20 Å². The van der Waals surface area contributed by atoms with Crippen LogP contribution < -0.4 is 0 Å². The van der Waals surface area contributed by atoms with Gasteiger partial charge in [-0.1, -0.05) is 0 Å². The van der Waals surface area contributed by atoms with E-state index in [9.17, 15) is 9.18 Å². The van der Waals surface area contributed by atoms with Crippen molar-refractivity contribution in [2.45, 2.75) is 6.54 Å². The molecule has 1 heterocycles. The fourth-order valence-corrected chi connectivity index (χ4v) is 1.39. The van der Waals surface area contributed by atoms with Gasteiger partial charge in [0, 0.05) is 10.7 Å². The van der Waals surface area contributed by atoms with Gasteiger partial charge in [0.1, 0.15) is 12.4 Å². The van der Waals surface area contributed by atoms with Crippen LogP contribution in [0.5, 0.6) is 0 Å². The maximum atomic E-state index is 11.9. The van der Waals surface area contributed by atoms with Crippen molar-refractivity contribution in [3.63, 3.8) is 0 Å². The number of rotatable bonds is 3. The minimum absolute atomic E-state index is 0.0766. The molecule has 0 atom stereocenters. The summed E-state index contributed by atoms with van der Waals surface area (Å²) in [4.78, 5) is 10.5. The highest BCUT2D eigenvalue weighted by Gasteiger charge is 2.10. The van der Waals surface area contributed by atoms with E-state index in [0.29, 0.717) is 4.47 Å². The Morgan fingerprint density at radius 3 is 2.92 bits per heavy atom. The van der Waals surface area contributed by atoms with Gasteiger partial charge in [0.25, 0.3) is 0 Å². The van der Waals surface area contributed by atoms with Crippen LogP contribution in [0.4, 0.5) is 4.39 Å². The standard InChI is InChI=1S/C7H7BrFNO2/c8-5-3-6(7(11)12)10(4-5)2-1-9/h3-4H,1-2H2,(H,11,12). The van der Waals surface area contributed by atoms with Gasteiger partial charge in [-0.05, 0) is 22.0 Å². The Labute approximate surface area is 76.9 Å². The van der Waals surface area contributed by atoms with E-state index in [-0.39, 0.29) is 12.2 Å². The second-order valence-electron chi connectivity index (χ2n) is 2.23. The quantitative estimate of drug-likeness (QED) is 0.870. The number of hydrogen-bond donors (Lipinski definition) is 1. The predicted octanol–water partition coefficient (Wildman–Crippen LogP) is 1.92. The van der Waals surface area contributed by atoms with Crippen molar-refractivity contribution in [2.75, 3.05) is 6.67 Å². The van der Waals surface area contributed by atoms with Gasteiger partial charge in [-0.3, -0.25) is 0 Å². The van der Waals surface area contributed by atoms with Crippen molar-refractivity contribution >= 4 is 21.9 Å². The number of aromatic carboxylic acids is 1. The summed E-state index contributed by atoms with van der Waals surface area (Å²) in [5.41, 5.74) is 0.0968. The van der Waals surface area contributed by atoms with Crippen LogP contribution in [-0.2, 0) is 6.54 Å². The molecule has 0 fully saturated rings. The lowest BCUT2D eigenvalue weighted by molar-refractivity contribution is 0.0684. The fraction of sp³-hybridized carbons (Fsp3) is 0.286. The topological polar surface area (TPSA) is 42.2 Å². The third-order valence-electron chi connectivity index (χ3n) is 1.41. The van der Waals surface area contributed by atoms with E-state index >= 15 is 0 Å². The van der Waals surface area contributed by atoms with Crippen molar-refractivity contribution < 1.29 is 14.3 Å². The lowest BCUT2D eigenvalue weighted by Crippen LogP contribution is -2.08. The number of hydrogen-bond acceptors (Lipinski definition) is 1. The summed E-state index contributed by atoms with van der Waals surface area (Å²) < 4.78 is 13.9. The van der Waals surface area contributed by atoms with Crippen molar-refractivity contribution in [2.24, 2.45) is 0 Å². The molecule has 0 spiro atoms. The molecule has 1 aromatic rings. The zero-order chi connectivity index (χ0) is 9.14. The van der Waals surface area contributed by atoms with E-state index in [2.05, 4.69) is 15.9 Å². The molecular formula is C7H7BrFNO2. The molecule has 12 heavy (non-hydrogen) atoms. The number of nitrogens with zero attached hydrogens (tertiary/aromatic N) is 1. The van der Waals surface area contributed by atoms with Crippen LogP contribution in [-0.4, -0.2) is 22.3 Å². The summed E-state index contributed by atoms with van der Waals surface area (Å²) >= 11 is 3.11. The summed E-state index contributed by atoms with van der Waals surface area (Å²) in [5.74, 6) is -1.05. The third kappa shape index (κ3) is 1.85. The molecule has 0 radical (unpaired) electrons. The number of carboxylic acid groups (broad SMARTS) is 1. The minimum atomic E-state index is -1.05. The van der Waals surface area contributed by atoms with Crippen molar-refractivity contribution in [1.29, 1.82) is 0 Å². The molecule has 0 aliphatic rings. The molecule has 0 aliphatic heterocycles. The van der Waals surface area contributed by atoms with Gasteiger partial charge < -0.3 is 9.67 Å². The highest BCUT2D eigenvalue weighted by Crippen LogP contribution is 2.14. The van der Waals surface area contributed by atoms with Crippen LogP contribution in [0.2, 0.25) is 0 Å². The normalized spacial score (nSPS) is 10.2. The Morgan fingerprint density at radius 2 is 2.42 bits per heavy atom. The molecule has 5 heteroatoms. The number of carbonyl (C=O) groups is 1. The Hall–Kier alpha value is -0.840. The molecule has 0 bridgehead atoms. The Balaban J connectivity index is 2.99. The first-order valence-electron chi connectivity index (χ1n) is 3.30. The summed E-state index contributed by atoms with van der Waals surface area (Å²) in [6.07, 6.45) is 1.54. The zero-order valence-electron chi connectivity index (χ0n) is 6.13. The lowest BCUT2D eigenvalue weighted by Gasteiger charge is -2.00. The first-order chi connectivity index (χ1) is 5.65. The number of alkyl halides is 1. The number of carboxylic acids is 1. The van der Waals surface area contributed by atoms with Gasteiger partial charge in [-0.2, -0.15) is 0 Å². The Kier molecular flexibility index (Phi) is 2.86. The predicted molar refractivity (Wildman–Crippen MR) is 45.1 cm³/mol. The third-order valence-corrected chi connectivity index (χ3v) is 1.84. The lowest BCUT2D eigenvalue weighted by atomic mass is 10.4. The molecule has 1 N–H and O–H groups in total. The number of aromatic nitrogens is 1. The maximum absolute atomic E-state index is 11.9. The van der Waals surface area contributed by atoms with Gasteiger partial charge in [0.15, 0.2) is 0 Å². The first kappa shape index (κ1) is 9.25. The SMILES string of the molecule is O=C(O)c1cc(Br)cn1CCF. The van der Waals surface area contributed by atoms with Crippen molar-refractivity contribution in [3.8, 4) is 0 Å². The molecule has 3 nitrogen and oxygen atoms in total. The average molecular weight is 236 g/mol. The van der Waals surface area contributed by atoms with E-state index < -0.39 is 12.6 Å². The highest BCUT2D eigenvalue weighted by molar-refractivity contribution is 9.10. The van der Waals surface area contributed by atoms with E-state index in [1.165, 1.54) is 10.6 Å². The second-order valence-corrected chi connectivity index (χ2v) is 3.15. The molecule has 0 aromatic carbocycles. The smallest absolute Gasteiger partial charge is 0.352 e. The van der Waals surface area contributed by atoms with Crippen LogP contribution in [0.1, 0.15) is 10.5 Å². The largest absolute Gasteiger partial charge is 0.477 e. The minimum Gasteiger partial charge on any atom is -0.477 e. The van der Waals surface area contributed by atoms with Crippen LogP contribution in [0.3, 0.4) is 0 Å². The van der Waals surface area contributed by atoms with Gasteiger partial charge >= 0.3 is 5.97 Å². The average Bonchev–Trinajstić information content (AvgIpc) is 2.32. The molecular weight excluding hydrogens is 229 g/mol. The van der Waals surface area contributed by atoms with E-state index in [0.717, 1.165) is 0 Å². The summed E-state index contributed by atoms with van der Waals surface area (Å²) in [6.45, 7) is -0.491. The molecule has 1 aromatic heterocycles. The molecule has 0 saturated carbocycles. The zero-order valence-corrected chi connectivity index (χ0v) is 7.71. The van der Waals surface area contributed by atoms with E-state index in [4.69, 9.17) is 5.11 Å². The summed E-state index contributed by atoms with van der Waals surface area (Å²) in [5, 5.41) is 8.64. The van der Waals surface area contributed by atoms with Crippen LogP contribution in [0.25, 0.3) is 0 Å². The van der Waals surface area contributed by atoms with Gasteiger partial charge in [0.05, 0.1) is 6.54 Å². The molecule has 0 aliphatic carbocycles. The highest BCUT2D eigenvalue weighted by atomic mass is 79.9. The first-order valence-corrected chi connectivity index (χ1v) is 4.09. The monoisotopic (exact) mass is 235 g/mol. The number of halogens is 2. The van der Waals surface area contributed by atoms with Crippen LogP contribution >= 0.6 is 15.9 Å². The van der Waals surface area contributed by atoms with Crippen molar-refractivity contribution in [3.05, 3.63) is 22.4 Å². The molecule has 66 valence electrons. The second kappa shape index (κ2) is 3.71. The fourth-order valence-electron chi connectivity index (χ4n) is 0.930. The molecule has 0 unspecified atom stereocenters. The summed E-state index contributed by atoms with van der Waals surface area (Å²) in [6, 6.07) is 1.44. The number of aryl methyl sites for hydroxylation is 1. The van der Waals surface area contributed by atoms with Gasteiger partial charge in [-0.25, -0.2) is 9.18 Å². The van der Waals surface area contributed by atoms with Crippen LogP contribution in [0, 0.1) is 0 Å². The molecule has 0 saturated heterocycles. The van der Waals surface area contributed by atoms with Crippen LogP contribution in [0.15, 0.2) is 16.7 Å². The maximum Gasteiger partial charge on any atom is 0.352 e.